The van der Waals surface area contributed by atoms with E-state index in [-0.39, 0.29) is 0 Å². The number of benzene rings is 1. The van der Waals surface area contributed by atoms with E-state index in [1.807, 2.05) is 6.07 Å². The molecule has 2 aliphatic heterocycles. The standard InChI is InChI=1S/C18H26ClNO/c1-13(2)17-11-18(7-9-21-17)6-8-20-12-16(18)14-4-3-5-15(19)10-14/h3-5,10,13,16-17,20H,6-9,11-12H2,1-2H3. The van der Waals surface area contributed by atoms with Crippen molar-refractivity contribution in [3.63, 3.8) is 0 Å². The van der Waals surface area contributed by atoms with Crippen molar-refractivity contribution in [2.24, 2.45) is 11.3 Å². The Morgan fingerprint density at radius 1 is 1.33 bits per heavy atom. The fraction of sp³-hybridized carbons (Fsp3) is 0.667. The van der Waals surface area contributed by atoms with Crippen molar-refractivity contribution in [1.29, 1.82) is 0 Å². The van der Waals surface area contributed by atoms with E-state index >= 15 is 0 Å². The summed E-state index contributed by atoms with van der Waals surface area (Å²) in [6, 6.07) is 8.44. The average molecular weight is 308 g/mol. The molecular formula is C18H26ClNO. The maximum absolute atomic E-state index is 6.23. The molecule has 3 unspecified atom stereocenters. The van der Waals surface area contributed by atoms with Crippen LogP contribution in [0.25, 0.3) is 0 Å². The molecule has 1 aromatic carbocycles. The zero-order valence-electron chi connectivity index (χ0n) is 13.1. The van der Waals surface area contributed by atoms with Gasteiger partial charge in [0.2, 0.25) is 0 Å². The largest absolute Gasteiger partial charge is 0.378 e. The van der Waals surface area contributed by atoms with Gasteiger partial charge in [-0.3, -0.25) is 0 Å². The van der Waals surface area contributed by atoms with Crippen molar-refractivity contribution in [3.8, 4) is 0 Å². The Bertz CT molecular complexity index is 486. The van der Waals surface area contributed by atoms with E-state index in [9.17, 15) is 0 Å². The third-order valence-electron chi connectivity index (χ3n) is 5.42. The Balaban J connectivity index is 1.90. The monoisotopic (exact) mass is 307 g/mol. The molecule has 1 spiro atoms. The van der Waals surface area contributed by atoms with E-state index < -0.39 is 0 Å². The number of hydrogen-bond acceptors (Lipinski definition) is 2. The summed E-state index contributed by atoms with van der Waals surface area (Å²) in [6.45, 7) is 7.64. The van der Waals surface area contributed by atoms with Gasteiger partial charge in [0.15, 0.2) is 0 Å². The highest BCUT2D eigenvalue weighted by Gasteiger charge is 2.45. The number of hydrogen-bond donors (Lipinski definition) is 1. The Kier molecular flexibility index (Phi) is 4.58. The lowest BCUT2D eigenvalue weighted by Crippen LogP contribution is -2.49. The minimum atomic E-state index is 0.378. The summed E-state index contributed by atoms with van der Waals surface area (Å²) in [7, 11) is 0. The highest BCUT2D eigenvalue weighted by atomic mass is 35.5. The maximum atomic E-state index is 6.23. The van der Waals surface area contributed by atoms with Gasteiger partial charge < -0.3 is 10.1 Å². The Hall–Kier alpha value is -0.570. The van der Waals surface area contributed by atoms with Gasteiger partial charge in [-0.25, -0.2) is 0 Å². The third kappa shape index (κ3) is 3.13. The molecule has 1 aromatic rings. The van der Waals surface area contributed by atoms with E-state index in [1.165, 1.54) is 24.8 Å². The first-order chi connectivity index (χ1) is 10.1. The SMILES string of the molecule is CC(C)C1CC2(CCNCC2c2cccc(Cl)c2)CCO1. The van der Waals surface area contributed by atoms with Gasteiger partial charge in [0.1, 0.15) is 0 Å². The predicted molar refractivity (Wildman–Crippen MR) is 87.9 cm³/mol. The van der Waals surface area contributed by atoms with Crippen LogP contribution >= 0.6 is 11.6 Å². The summed E-state index contributed by atoms with van der Waals surface area (Å²) >= 11 is 6.23. The summed E-state index contributed by atoms with van der Waals surface area (Å²) in [5.74, 6) is 1.15. The molecule has 2 saturated heterocycles. The lowest BCUT2D eigenvalue weighted by Gasteiger charge is -2.50. The molecule has 3 heteroatoms. The fourth-order valence-electron chi connectivity index (χ4n) is 4.12. The van der Waals surface area contributed by atoms with Crippen LogP contribution in [0.3, 0.4) is 0 Å². The van der Waals surface area contributed by atoms with Crippen molar-refractivity contribution in [2.75, 3.05) is 19.7 Å². The van der Waals surface area contributed by atoms with Crippen molar-refractivity contribution in [1.82, 2.24) is 5.32 Å². The summed E-state index contributed by atoms with van der Waals surface area (Å²) in [4.78, 5) is 0. The molecule has 0 amide bonds. The topological polar surface area (TPSA) is 21.3 Å². The quantitative estimate of drug-likeness (QED) is 0.882. The third-order valence-corrected chi connectivity index (χ3v) is 5.66. The van der Waals surface area contributed by atoms with Crippen LogP contribution < -0.4 is 5.32 Å². The molecule has 2 heterocycles. The van der Waals surface area contributed by atoms with Crippen LogP contribution in [-0.4, -0.2) is 25.8 Å². The number of ether oxygens (including phenoxy) is 1. The summed E-state index contributed by atoms with van der Waals surface area (Å²) < 4.78 is 6.03. The molecule has 2 aliphatic rings. The highest BCUT2D eigenvalue weighted by molar-refractivity contribution is 6.30. The normalized spacial score (nSPS) is 33.5. The van der Waals surface area contributed by atoms with E-state index in [0.717, 1.165) is 24.7 Å². The molecule has 116 valence electrons. The summed E-state index contributed by atoms with van der Waals surface area (Å²) in [5, 5.41) is 4.43. The second kappa shape index (κ2) is 6.28. The molecule has 21 heavy (non-hydrogen) atoms. The summed E-state index contributed by atoms with van der Waals surface area (Å²) in [6.07, 6.45) is 4.01. The second-order valence-corrected chi connectivity index (χ2v) is 7.47. The van der Waals surface area contributed by atoms with E-state index in [1.54, 1.807) is 0 Å². The maximum Gasteiger partial charge on any atom is 0.0603 e. The van der Waals surface area contributed by atoms with Crippen molar-refractivity contribution < 1.29 is 4.74 Å². The molecular weight excluding hydrogens is 282 g/mol. The predicted octanol–water partition coefficient (Wildman–Crippen LogP) is 4.24. The molecule has 3 atom stereocenters. The van der Waals surface area contributed by atoms with Gasteiger partial charge in [0, 0.05) is 24.1 Å². The van der Waals surface area contributed by atoms with E-state index in [0.29, 0.717) is 23.4 Å². The van der Waals surface area contributed by atoms with Crippen LogP contribution in [-0.2, 0) is 4.74 Å². The molecule has 1 N–H and O–H groups in total. The molecule has 3 rings (SSSR count). The van der Waals surface area contributed by atoms with Gasteiger partial charge in [-0.15, -0.1) is 0 Å². The number of halogens is 1. The first-order valence-electron chi connectivity index (χ1n) is 8.18. The highest BCUT2D eigenvalue weighted by Crippen LogP contribution is 2.50. The first-order valence-corrected chi connectivity index (χ1v) is 8.56. The Morgan fingerprint density at radius 3 is 2.95 bits per heavy atom. The first kappa shape index (κ1) is 15.3. The van der Waals surface area contributed by atoms with E-state index in [2.05, 4.69) is 37.4 Å². The van der Waals surface area contributed by atoms with E-state index in [4.69, 9.17) is 16.3 Å². The minimum Gasteiger partial charge on any atom is -0.378 e. The van der Waals surface area contributed by atoms with Crippen molar-refractivity contribution >= 4 is 11.6 Å². The lowest BCUT2D eigenvalue weighted by atomic mass is 9.61. The fourth-order valence-corrected chi connectivity index (χ4v) is 4.31. The van der Waals surface area contributed by atoms with Crippen LogP contribution in [0.15, 0.2) is 24.3 Å². The van der Waals surface area contributed by atoms with Gasteiger partial charge in [-0.05, 0) is 54.8 Å². The lowest BCUT2D eigenvalue weighted by molar-refractivity contribution is -0.0862. The second-order valence-electron chi connectivity index (χ2n) is 7.03. The average Bonchev–Trinajstić information content (AvgIpc) is 2.48. The molecule has 0 aliphatic carbocycles. The number of rotatable bonds is 2. The molecule has 0 bridgehead atoms. The zero-order valence-corrected chi connectivity index (χ0v) is 13.8. The van der Waals surface area contributed by atoms with Gasteiger partial charge in [-0.2, -0.15) is 0 Å². The van der Waals surface area contributed by atoms with Crippen molar-refractivity contribution in [2.45, 2.75) is 45.1 Å². The van der Waals surface area contributed by atoms with Crippen LogP contribution in [0.2, 0.25) is 5.02 Å². The Morgan fingerprint density at radius 2 is 2.19 bits per heavy atom. The Labute approximate surface area is 133 Å². The smallest absolute Gasteiger partial charge is 0.0603 e. The number of piperidine rings is 1. The van der Waals surface area contributed by atoms with Gasteiger partial charge >= 0.3 is 0 Å². The molecule has 0 aromatic heterocycles. The van der Waals surface area contributed by atoms with Crippen LogP contribution in [0.1, 0.15) is 44.6 Å². The number of nitrogens with one attached hydrogen (secondary N) is 1. The summed E-state index contributed by atoms with van der Waals surface area (Å²) in [5.41, 5.74) is 1.77. The molecule has 2 fully saturated rings. The van der Waals surface area contributed by atoms with Crippen molar-refractivity contribution in [3.05, 3.63) is 34.9 Å². The van der Waals surface area contributed by atoms with Gasteiger partial charge in [0.05, 0.1) is 6.10 Å². The molecule has 2 nitrogen and oxygen atoms in total. The molecule has 0 radical (unpaired) electrons. The van der Waals surface area contributed by atoms with Crippen LogP contribution in [0.4, 0.5) is 0 Å². The minimum absolute atomic E-state index is 0.378. The zero-order chi connectivity index (χ0) is 14.9. The molecule has 0 saturated carbocycles. The van der Waals surface area contributed by atoms with Gasteiger partial charge in [0.25, 0.3) is 0 Å². The van der Waals surface area contributed by atoms with Gasteiger partial charge in [-0.1, -0.05) is 37.6 Å². The van der Waals surface area contributed by atoms with Crippen LogP contribution in [0, 0.1) is 11.3 Å². The van der Waals surface area contributed by atoms with Crippen LogP contribution in [0.5, 0.6) is 0 Å².